The van der Waals surface area contributed by atoms with Crippen LogP contribution in [0.1, 0.15) is 65.1 Å². The first-order chi connectivity index (χ1) is 9.80. The van der Waals surface area contributed by atoms with E-state index in [1.54, 1.807) is 0 Å². The Morgan fingerprint density at radius 2 is 2.10 bits per heavy atom. The van der Waals surface area contributed by atoms with Gasteiger partial charge in [-0.15, -0.1) is 0 Å². The highest BCUT2D eigenvalue weighted by Crippen LogP contribution is 2.39. The average molecular weight is 310 g/mol. The summed E-state index contributed by atoms with van der Waals surface area (Å²) in [6.45, 7) is 8.83. The second-order valence-corrected chi connectivity index (χ2v) is 7.96. The molecule has 1 N–H and O–H groups in total. The quantitative estimate of drug-likeness (QED) is 0.832. The molecule has 0 amide bonds. The van der Waals surface area contributed by atoms with E-state index in [9.17, 15) is 4.79 Å². The van der Waals surface area contributed by atoms with Crippen molar-refractivity contribution in [3.63, 3.8) is 0 Å². The first kappa shape index (κ1) is 16.4. The fourth-order valence-electron chi connectivity index (χ4n) is 3.18. The van der Waals surface area contributed by atoms with Crippen LogP contribution in [0.5, 0.6) is 0 Å². The van der Waals surface area contributed by atoms with Gasteiger partial charge in [0.15, 0.2) is 5.16 Å². The molecule has 5 heteroatoms. The molecule has 0 bridgehead atoms. The number of carbonyl (C=O) groups is 1. The standard InChI is InChI=1S/C16H26N2O2S/c1-11(12-7-5-6-8-12)18-13(16(2,3)4)9-17-15(18)21-10-14(19)20/h9,11-12H,5-8,10H2,1-4H3,(H,19,20). The minimum Gasteiger partial charge on any atom is -0.481 e. The summed E-state index contributed by atoms with van der Waals surface area (Å²) in [5.41, 5.74) is 1.22. The van der Waals surface area contributed by atoms with E-state index in [0.29, 0.717) is 12.0 Å². The van der Waals surface area contributed by atoms with Gasteiger partial charge in [-0.25, -0.2) is 4.98 Å². The molecule has 1 atom stereocenters. The summed E-state index contributed by atoms with van der Waals surface area (Å²) in [5.74, 6) is -0.0392. The molecule has 4 nitrogen and oxygen atoms in total. The third-order valence-corrected chi connectivity index (χ3v) is 5.30. The number of thioether (sulfide) groups is 1. The van der Waals surface area contributed by atoms with Crippen LogP contribution in [0.2, 0.25) is 0 Å². The summed E-state index contributed by atoms with van der Waals surface area (Å²) in [5, 5.41) is 9.77. The first-order valence-electron chi connectivity index (χ1n) is 7.73. The van der Waals surface area contributed by atoms with Gasteiger partial charge in [0.05, 0.1) is 5.75 Å². The van der Waals surface area contributed by atoms with Gasteiger partial charge in [0.25, 0.3) is 0 Å². The number of carboxylic acid groups (broad SMARTS) is 1. The first-order valence-corrected chi connectivity index (χ1v) is 8.71. The number of aliphatic carboxylic acids is 1. The van der Waals surface area contributed by atoms with Crippen molar-refractivity contribution in [1.29, 1.82) is 0 Å². The summed E-state index contributed by atoms with van der Waals surface area (Å²) in [4.78, 5) is 15.4. The zero-order valence-electron chi connectivity index (χ0n) is 13.4. The van der Waals surface area contributed by atoms with E-state index < -0.39 is 5.97 Å². The Kier molecular flexibility index (Phi) is 5.02. The summed E-state index contributed by atoms with van der Waals surface area (Å²) < 4.78 is 2.30. The Balaban J connectivity index is 2.32. The number of aromatic nitrogens is 2. The normalized spacial score (nSPS) is 18.1. The minimum atomic E-state index is -0.791. The topological polar surface area (TPSA) is 55.1 Å². The van der Waals surface area contributed by atoms with Crippen molar-refractivity contribution in [2.75, 3.05) is 5.75 Å². The molecule has 1 heterocycles. The number of imidazole rings is 1. The molecule has 1 aliphatic rings. The molecule has 0 saturated heterocycles. The predicted octanol–water partition coefficient (Wildman–Crippen LogP) is 4.11. The molecular formula is C16H26N2O2S. The van der Waals surface area contributed by atoms with E-state index >= 15 is 0 Å². The molecule has 2 rings (SSSR count). The molecule has 0 aromatic carbocycles. The maximum Gasteiger partial charge on any atom is 0.313 e. The summed E-state index contributed by atoms with van der Waals surface area (Å²) in [6, 6.07) is 0.389. The van der Waals surface area contributed by atoms with Crippen molar-refractivity contribution < 1.29 is 9.90 Å². The third kappa shape index (κ3) is 3.82. The van der Waals surface area contributed by atoms with Crippen molar-refractivity contribution >= 4 is 17.7 Å². The minimum absolute atomic E-state index is 0.0158. The number of hydrogen-bond acceptors (Lipinski definition) is 3. The Labute approximate surface area is 131 Å². The molecule has 0 radical (unpaired) electrons. The van der Waals surface area contributed by atoms with Crippen molar-refractivity contribution in [2.24, 2.45) is 5.92 Å². The highest BCUT2D eigenvalue weighted by atomic mass is 32.2. The fourth-order valence-corrected chi connectivity index (χ4v) is 3.96. The molecule has 118 valence electrons. The maximum atomic E-state index is 10.9. The van der Waals surface area contributed by atoms with E-state index in [2.05, 4.69) is 37.2 Å². The smallest absolute Gasteiger partial charge is 0.313 e. The Morgan fingerprint density at radius 1 is 1.48 bits per heavy atom. The lowest BCUT2D eigenvalue weighted by molar-refractivity contribution is -0.133. The van der Waals surface area contributed by atoms with Crippen LogP contribution in [0.3, 0.4) is 0 Å². The van der Waals surface area contributed by atoms with E-state index in [4.69, 9.17) is 5.11 Å². The molecular weight excluding hydrogens is 284 g/mol. The summed E-state index contributed by atoms with van der Waals surface area (Å²) in [7, 11) is 0. The van der Waals surface area contributed by atoms with E-state index in [0.717, 1.165) is 5.16 Å². The van der Waals surface area contributed by atoms with E-state index in [-0.39, 0.29) is 11.2 Å². The summed E-state index contributed by atoms with van der Waals surface area (Å²) in [6.07, 6.45) is 7.09. The predicted molar refractivity (Wildman–Crippen MR) is 86.0 cm³/mol. The van der Waals surface area contributed by atoms with Gasteiger partial charge in [-0.05, 0) is 25.7 Å². The largest absolute Gasteiger partial charge is 0.481 e. The SMILES string of the molecule is CC(C1CCCC1)n1c(C(C)(C)C)cnc1SCC(=O)O. The van der Waals surface area contributed by atoms with Crippen LogP contribution < -0.4 is 0 Å². The monoisotopic (exact) mass is 310 g/mol. The molecule has 1 saturated carbocycles. The van der Waals surface area contributed by atoms with Crippen LogP contribution in [0.15, 0.2) is 11.4 Å². The van der Waals surface area contributed by atoms with Crippen molar-refractivity contribution in [3.05, 3.63) is 11.9 Å². The van der Waals surface area contributed by atoms with Gasteiger partial charge in [-0.3, -0.25) is 4.79 Å². The van der Waals surface area contributed by atoms with Gasteiger partial charge >= 0.3 is 5.97 Å². The molecule has 21 heavy (non-hydrogen) atoms. The molecule has 1 unspecified atom stereocenters. The van der Waals surface area contributed by atoms with Gasteiger partial charge in [0.1, 0.15) is 0 Å². The van der Waals surface area contributed by atoms with Gasteiger partial charge in [0, 0.05) is 23.3 Å². The average Bonchev–Trinajstić information content (AvgIpc) is 3.03. The lowest BCUT2D eigenvalue weighted by atomic mass is 9.91. The lowest BCUT2D eigenvalue weighted by Gasteiger charge is -2.29. The number of rotatable bonds is 5. The number of hydrogen-bond donors (Lipinski definition) is 1. The van der Waals surface area contributed by atoms with Gasteiger partial charge in [0.2, 0.25) is 0 Å². The van der Waals surface area contributed by atoms with Gasteiger partial charge in [-0.1, -0.05) is 45.4 Å². The molecule has 1 aromatic heterocycles. The highest BCUT2D eigenvalue weighted by molar-refractivity contribution is 7.99. The molecule has 0 aliphatic heterocycles. The second-order valence-electron chi connectivity index (χ2n) is 7.01. The molecule has 1 aliphatic carbocycles. The van der Waals surface area contributed by atoms with Gasteiger partial charge in [-0.2, -0.15) is 0 Å². The van der Waals surface area contributed by atoms with Crippen molar-refractivity contribution in [3.8, 4) is 0 Å². The van der Waals surface area contributed by atoms with E-state index in [1.807, 2.05) is 6.20 Å². The summed E-state index contributed by atoms with van der Waals surface area (Å²) >= 11 is 1.33. The Morgan fingerprint density at radius 3 is 2.62 bits per heavy atom. The van der Waals surface area contributed by atoms with Gasteiger partial charge < -0.3 is 9.67 Å². The Bertz CT molecular complexity index is 499. The zero-order chi connectivity index (χ0) is 15.6. The van der Waals surface area contributed by atoms with Crippen LogP contribution in [-0.4, -0.2) is 26.4 Å². The molecule has 1 fully saturated rings. The zero-order valence-corrected chi connectivity index (χ0v) is 14.2. The van der Waals surface area contributed by atoms with Crippen LogP contribution in [0, 0.1) is 5.92 Å². The Hall–Kier alpha value is -0.970. The fraction of sp³-hybridized carbons (Fsp3) is 0.750. The van der Waals surface area contributed by atoms with Crippen molar-refractivity contribution in [1.82, 2.24) is 9.55 Å². The molecule has 0 spiro atoms. The van der Waals surface area contributed by atoms with E-state index in [1.165, 1.54) is 43.1 Å². The van der Waals surface area contributed by atoms with Crippen LogP contribution in [0.4, 0.5) is 0 Å². The van der Waals surface area contributed by atoms with Crippen LogP contribution in [-0.2, 0) is 10.2 Å². The third-order valence-electron chi connectivity index (χ3n) is 4.35. The second kappa shape index (κ2) is 6.42. The highest BCUT2D eigenvalue weighted by Gasteiger charge is 2.30. The lowest BCUT2D eigenvalue weighted by Crippen LogP contribution is -2.24. The van der Waals surface area contributed by atoms with Crippen LogP contribution >= 0.6 is 11.8 Å². The molecule has 1 aromatic rings. The maximum absolute atomic E-state index is 10.9. The van der Waals surface area contributed by atoms with Crippen LogP contribution in [0.25, 0.3) is 0 Å². The van der Waals surface area contributed by atoms with Crippen molar-refractivity contribution in [2.45, 2.75) is 70.0 Å². The number of carboxylic acids is 1. The number of nitrogens with zero attached hydrogens (tertiary/aromatic N) is 2.